The number of aromatic amines is 1. The Labute approximate surface area is 195 Å². The van der Waals surface area contributed by atoms with Crippen molar-refractivity contribution >= 4 is 16.6 Å². The molecule has 2 aromatic carbocycles. The predicted octanol–water partition coefficient (Wildman–Crippen LogP) is 5.42. The van der Waals surface area contributed by atoms with Gasteiger partial charge in [0.15, 0.2) is 0 Å². The summed E-state index contributed by atoms with van der Waals surface area (Å²) >= 11 is 0. The molecule has 0 fully saturated rings. The maximum Gasteiger partial charge on any atom is 0.132 e. The Hall–Kier alpha value is -3.42. The van der Waals surface area contributed by atoms with Gasteiger partial charge in [0.1, 0.15) is 11.4 Å². The third-order valence-corrected chi connectivity index (χ3v) is 5.40. The summed E-state index contributed by atoms with van der Waals surface area (Å²) in [7, 11) is 0. The number of rotatable bonds is 14. The molecular formula is C26H33N5O2. The highest BCUT2D eigenvalue weighted by molar-refractivity contribution is 5.94. The second-order valence-corrected chi connectivity index (χ2v) is 7.77. The van der Waals surface area contributed by atoms with Crippen LogP contribution in [0.15, 0.2) is 72.8 Å². The molecule has 0 aliphatic rings. The maximum atomic E-state index is 11.4. The number of nitrogens with two attached hydrogens (primary N) is 1. The van der Waals surface area contributed by atoms with Crippen LogP contribution >= 0.6 is 0 Å². The number of H-pyrrole nitrogens is 1. The summed E-state index contributed by atoms with van der Waals surface area (Å²) in [4.78, 5) is 16.5. The standard InChI is InChI=1S/C26H33N5O2/c1-3-13-31(4-2)14-6-11-28-19-23-16-20(7-8-25(23)33-15-5-10-27)22-17-21-9-12-29-26(21)24(18-22)30-32/h3-4,7-9,12-13,16-18,28-29H,2,5-6,10-11,14-15,19,27H2,1H3/b13-3-. The van der Waals surface area contributed by atoms with Gasteiger partial charge in [0.2, 0.25) is 0 Å². The first-order chi connectivity index (χ1) is 16.2. The summed E-state index contributed by atoms with van der Waals surface area (Å²) in [5.41, 5.74) is 9.80. The lowest BCUT2D eigenvalue weighted by Crippen LogP contribution is -2.20. The zero-order valence-corrected chi connectivity index (χ0v) is 19.2. The number of aromatic nitrogens is 1. The van der Waals surface area contributed by atoms with Gasteiger partial charge in [-0.25, -0.2) is 0 Å². The Kier molecular flexibility index (Phi) is 9.23. The van der Waals surface area contributed by atoms with Crippen molar-refractivity contribution in [1.29, 1.82) is 0 Å². The molecule has 0 unspecified atom stereocenters. The van der Waals surface area contributed by atoms with Crippen LogP contribution in [0.25, 0.3) is 22.0 Å². The molecule has 0 saturated carbocycles. The third kappa shape index (κ3) is 6.54. The molecule has 0 radical (unpaired) electrons. The molecule has 0 aliphatic heterocycles. The van der Waals surface area contributed by atoms with Crippen LogP contribution in [0.4, 0.5) is 5.69 Å². The second kappa shape index (κ2) is 12.6. The summed E-state index contributed by atoms with van der Waals surface area (Å²) in [6.07, 6.45) is 9.45. The molecule has 7 nitrogen and oxygen atoms in total. The molecule has 174 valence electrons. The van der Waals surface area contributed by atoms with Crippen molar-refractivity contribution in [3.05, 3.63) is 78.1 Å². The molecule has 0 amide bonds. The van der Waals surface area contributed by atoms with Gasteiger partial charge in [-0.05, 0) is 91.9 Å². The van der Waals surface area contributed by atoms with Gasteiger partial charge < -0.3 is 25.7 Å². The summed E-state index contributed by atoms with van der Waals surface area (Å²) < 4.78 is 5.99. The number of hydrogen-bond acceptors (Lipinski definition) is 6. The van der Waals surface area contributed by atoms with E-state index in [4.69, 9.17) is 10.5 Å². The van der Waals surface area contributed by atoms with Gasteiger partial charge in [0.25, 0.3) is 0 Å². The Bertz CT molecular complexity index is 1090. The minimum absolute atomic E-state index is 0.406. The Morgan fingerprint density at radius 1 is 1.21 bits per heavy atom. The number of ether oxygens (including phenoxy) is 1. The molecule has 1 heterocycles. The number of benzene rings is 2. The first-order valence-corrected chi connectivity index (χ1v) is 11.3. The average Bonchev–Trinajstić information content (AvgIpc) is 3.32. The van der Waals surface area contributed by atoms with Crippen LogP contribution in [-0.4, -0.2) is 36.1 Å². The largest absolute Gasteiger partial charge is 0.493 e. The summed E-state index contributed by atoms with van der Waals surface area (Å²) in [6.45, 7) is 9.45. The first-order valence-electron chi connectivity index (χ1n) is 11.3. The van der Waals surface area contributed by atoms with E-state index in [9.17, 15) is 4.91 Å². The lowest BCUT2D eigenvalue weighted by molar-refractivity contribution is 0.309. The van der Waals surface area contributed by atoms with Crippen LogP contribution in [-0.2, 0) is 6.54 Å². The molecule has 0 spiro atoms. The number of nitrogens with one attached hydrogen (secondary N) is 2. The molecular weight excluding hydrogens is 414 g/mol. The molecule has 3 rings (SSSR count). The van der Waals surface area contributed by atoms with Crippen molar-refractivity contribution in [2.45, 2.75) is 26.3 Å². The minimum Gasteiger partial charge on any atom is -0.493 e. The van der Waals surface area contributed by atoms with Gasteiger partial charge >= 0.3 is 0 Å². The maximum absolute atomic E-state index is 11.4. The van der Waals surface area contributed by atoms with Gasteiger partial charge in [0.05, 0.1) is 12.1 Å². The fourth-order valence-corrected chi connectivity index (χ4v) is 3.72. The van der Waals surface area contributed by atoms with E-state index < -0.39 is 0 Å². The van der Waals surface area contributed by atoms with E-state index in [0.717, 1.165) is 59.3 Å². The summed E-state index contributed by atoms with van der Waals surface area (Å²) in [6, 6.07) is 11.9. The third-order valence-electron chi connectivity index (χ3n) is 5.40. The average molecular weight is 448 g/mol. The van der Waals surface area contributed by atoms with E-state index in [1.807, 2.05) is 55.9 Å². The van der Waals surface area contributed by atoms with Crippen LogP contribution in [0.3, 0.4) is 0 Å². The topological polar surface area (TPSA) is 95.7 Å². The summed E-state index contributed by atoms with van der Waals surface area (Å²) in [5, 5.41) is 7.68. The Morgan fingerprint density at radius 3 is 2.85 bits per heavy atom. The normalized spacial score (nSPS) is 11.2. The van der Waals surface area contributed by atoms with Crippen LogP contribution < -0.4 is 15.8 Å². The number of nitrogens with zero attached hydrogens (tertiary/aromatic N) is 2. The fraction of sp³-hybridized carbons (Fsp3) is 0.308. The van der Waals surface area contributed by atoms with E-state index in [2.05, 4.69) is 39.1 Å². The molecule has 0 saturated heterocycles. The van der Waals surface area contributed by atoms with Crippen molar-refractivity contribution in [3.63, 3.8) is 0 Å². The Balaban J connectivity index is 1.76. The van der Waals surface area contributed by atoms with Crippen LogP contribution in [0.5, 0.6) is 5.75 Å². The van der Waals surface area contributed by atoms with Gasteiger partial charge in [-0.3, -0.25) is 0 Å². The molecule has 3 aromatic rings. The predicted molar refractivity (Wildman–Crippen MR) is 136 cm³/mol. The molecule has 33 heavy (non-hydrogen) atoms. The molecule has 4 N–H and O–H groups in total. The van der Waals surface area contributed by atoms with Gasteiger partial charge in [-0.2, -0.15) is 0 Å². The number of nitroso groups, excluding NO2 is 1. The Morgan fingerprint density at radius 2 is 2.09 bits per heavy atom. The lowest BCUT2D eigenvalue weighted by atomic mass is 10.00. The van der Waals surface area contributed by atoms with E-state index in [1.54, 1.807) is 0 Å². The number of fused-ring (bicyclic) bond motifs is 1. The fourth-order valence-electron chi connectivity index (χ4n) is 3.72. The van der Waals surface area contributed by atoms with Crippen molar-refractivity contribution in [2.75, 3.05) is 26.2 Å². The highest BCUT2D eigenvalue weighted by Gasteiger charge is 2.11. The zero-order valence-electron chi connectivity index (χ0n) is 19.2. The van der Waals surface area contributed by atoms with Gasteiger partial charge in [0, 0.05) is 30.2 Å². The number of hydrogen-bond donors (Lipinski definition) is 3. The molecule has 0 bridgehead atoms. The quantitative estimate of drug-likeness (QED) is 0.227. The minimum atomic E-state index is 0.406. The molecule has 1 aromatic heterocycles. The van der Waals surface area contributed by atoms with E-state index in [1.165, 1.54) is 0 Å². The van der Waals surface area contributed by atoms with Crippen LogP contribution in [0.1, 0.15) is 25.3 Å². The zero-order chi connectivity index (χ0) is 23.5. The monoisotopic (exact) mass is 447 g/mol. The van der Waals surface area contributed by atoms with E-state index >= 15 is 0 Å². The molecule has 0 atom stereocenters. The number of allylic oxidation sites excluding steroid dienone is 1. The van der Waals surface area contributed by atoms with E-state index in [-0.39, 0.29) is 0 Å². The van der Waals surface area contributed by atoms with Gasteiger partial charge in [-0.1, -0.05) is 18.7 Å². The van der Waals surface area contributed by atoms with Crippen LogP contribution in [0.2, 0.25) is 0 Å². The lowest BCUT2D eigenvalue weighted by Gasteiger charge is -2.16. The SMILES string of the molecule is C=CN(/C=C\C)CCCNCc1cc(-c2cc(N=O)c3[nH]ccc3c2)ccc1OCCCN. The highest BCUT2D eigenvalue weighted by Crippen LogP contribution is 2.34. The second-order valence-electron chi connectivity index (χ2n) is 7.77. The molecule has 7 heteroatoms. The first kappa shape index (κ1) is 24.2. The molecule has 0 aliphatic carbocycles. The summed E-state index contributed by atoms with van der Waals surface area (Å²) in [5.74, 6) is 0.845. The van der Waals surface area contributed by atoms with E-state index in [0.29, 0.717) is 25.4 Å². The van der Waals surface area contributed by atoms with Crippen molar-refractivity contribution in [3.8, 4) is 16.9 Å². The van der Waals surface area contributed by atoms with Crippen LogP contribution in [0, 0.1) is 4.91 Å². The van der Waals surface area contributed by atoms with Crippen molar-refractivity contribution < 1.29 is 4.74 Å². The smallest absolute Gasteiger partial charge is 0.132 e. The highest BCUT2D eigenvalue weighted by atomic mass is 16.5. The van der Waals surface area contributed by atoms with Crippen molar-refractivity contribution in [2.24, 2.45) is 10.9 Å². The van der Waals surface area contributed by atoms with Gasteiger partial charge in [-0.15, -0.1) is 4.91 Å². The van der Waals surface area contributed by atoms with Crippen molar-refractivity contribution in [1.82, 2.24) is 15.2 Å².